The zero-order valence-corrected chi connectivity index (χ0v) is 11.1. The van der Waals surface area contributed by atoms with Gasteiger partial charge in [-0.15, -0.1) is 23.2 Å². The number of halogens is 5. The topological polar surface area (TPSA) is 9.23 Å². The van der Waals surface area contributed by atoms with Gasteiger partial charge in [-0.25, -0.2) is 0 Å². The van der Waals surface area contributed by atoms with Crippen LogP contribution in [0.1, 0.15) is 19.8 Å². The highest BCUT2D eigenvalue weighted by Gasteiger charge is 2.07. The Hall–Kier alpha value is 1.41. The summed E-state index contributed by atoms with van der Waals surface area (Å²) in [4.78, 5) is 0. The lowest BCUT2D eigenvalue weighted by Gasteiger charge is -1.94. The van der Waals surface area contributed by atoms with Gasteiger partial charge >= 0.3 is 0 Å². The standard InChI is InChI=1S/C4H8O.C2H3Cl3.CH2Cl2/c1-2-4-5-3-1;1-2(3,4)5;2-1-3/h1-4H2;1H3;1H2. The first-order chi connectivity index (χ1) is 5.91. The highest BCUT2D eigenvalue weighted by molar-refractivity contribution is 6.67. The van der Waals surface area contributed by atoms with E-state index in [4.69, 9.17) is 62.7 Å². The number of ether oxygens (including phenoxy) is 1. The van der Waals surface area contributed by atoms with Crippen LogP contribution in [-0.2, 0) is 4.74 Å². The number of hydrogen-bond acceptors (Lipinski definition) is 1. The maximum Gasteiger partial charge on any atom is 0.187 e. The van der Waals surface area contributed by atoms with Crippen molar-refractivity contribution >= 4 is 58.0 Å². The summed E-state index contributed by atoms with van der Waals surface area (Å²) in [6.45, 7) is 3.48. The summed E-state index contributed by atoms with van der Waals surface area (Å²) < 4.78 is 3.86. The fourth-order valence-corrected chi connectivity index (χ4v) is 0.510. The summed E-state index contributed by atoms with van der Waals surface area (Å²) in [5.74, 6) is 0. The third-order valence-corrected chi connectivity index (χ3v) is 0.827. The van der Waals surface area contributed by atoms with Crippen LogP contribution in [0.3, 0.4) is 0 Å². The molecular formula is C7H13Cl5O. The average molecular weight is 290 g/mol. The molecule has 0 N–H and O–H groups in total. The molecule has 1 fully saturated rings. The lowest BCUT2D eigenvalue weighted by atomic mass is 10.4. The van der Waals surface area contributed by atoms with E-state index < -0.39 is 3.79 Å². The lowest BCUT2D eigenvalue weighted by Crippen LogP contribution is -1.87. The van der Waals surface area contributed by atoms with Crippen LogP contribution in [0.2, 0.25) is 0 Å². The molecule has 0 atom stereocenters. The summed E-state index contributed by atoms with van der Waals surface area (Å²) >= 11 is 24.7. The molecule has 1 saturated heterocycles. The van der Waals surface area contributed by atoms with Gasteiger partial charge in [0.1, 0.15) is 0 Å². The number of alkyl halides is 5. The van der Waals surface area contributed by atoms with Crippen LogP contribution in [0.15, 0.2) is 0 Å². The Bertz CT molecular complexity index is 75.8. The molecule has 0 aromatic carbocycles. The van der Waals surface area contributed by atoms with E-state index in [0.29, 0.717) is 0 Å². The van der Waals surface area contributed by atoms with Crippen molar-refractivity contribution in [1.29, 1.82) is 0 Å². The summed E-state index contributed by atoms with van der Waals surface area (Å²) in [6, 6.07) is 0. The highest BCUT2D eigenvalue weighted by Crippen LogP contribution is 2.23. The molecule has 0 spiro atoms. The SMILES string of the molecule is C1CCOC1.CC(Cl)(Cl)Cl.ClCCl. The van der Waals surface area contributed by atoms with E-state index in [0.717, 1.165) is 13.2 Å². The summed E-state index contributed by atoms with van der Waals surface area (Å²) in [6.07, 6.45) is 2.56. The second kappa shape index (κ2) is 11.5. The van der Waals surface area contributed by atoms with Gasteiger partial charge in [0.15, 0.2) is 3.79 Å². The maximum absolute atomic E-state index is 5.06. The summed E-state index contributed by atoms with van der Waals surface area (Å²) in [5, 5.41) is 0.194. The van der Waals surface area contributed by atoms with Crippen molar-refractivity contribution < 1.29 is 4.74 Å². The monoisotopic (exact) mass is 288 g/mol. The van der Waals surface area contributed by atoms with Crippen LogP contribution in [0, 0.1) is 0 Å². The van der Waals surface area contributed by atoms with Crippen LogP contribution in [-0.4, -0.2) is 22.3 Å². The Morgan fingerprint density at radius 1 is 1.08 bits per heavy atom. The Morgan fingerprint density at radius 2 is 1.31 bits per heavy atom. The van der Waals surface area contributed by atoms with Crippen molar-refractivity contribution in [2.24, 2.45) is 0 Å². The first-order valence-corrected chi connectivity index (χ1v) is 5.88. The van der Waals surface area contributed by atoms with Crippen molar-refractivity contribution in [3.8, 4) is 0 Å². The molecule has 1 aliphatic rings. The molecule has 1 heterocycles. The molecule has 13 heavy (non-hydrogen) atoms. The molecule has 0 amide bonds. The third-order valence-electron chi connectivity index (χ3n) is 0.827. The molecular weight excluding hydrogens is 277 g/mol. The van der Waals surface area contributed by atoms with Gasteiger partial charge < -0.3 is 4.74 Å². The molecule has 0 radical (unpaired) electrons. The molecule has 82 valence electrons. The van der Waals surface area contributed by atoms with Gasteiger partial charge in [0, 0.05) is 13.2 Å². The molecule has 0 aromatic heterocycles. The minimum Gasteiger partial charge on any atom is -0.381 e. The van der Waals surface area contributed by atoms with Gasteiger partial charge in [-0.2, -0.15) is 0 Å². The highest BCUT2D eigenvalue weighted by atomic mass is 35.6. The van der Waals surface area contributed by atoms with Gasteiger partial charge in [0.25, 0.3) is 0 Å². The van der Waals surface area contributed by atoms with E-state index in [2.05, 4.69) is 0 Å². The Balaban J connectivity index is 0. The molecule has 0 bridgehead atoms. The van der Waals surface area contributed by atoms with E-state index in [9.17, 15) is 0 Å². The predicted molar refractivity (Wildman–Crippen MR) is 62.6 cm³/mol. The molecule has 0 unspecified atom stereocenters. The van der Waals surface area contributed by atoms with Crippen molar-refractivity contribution in [3.05, 3.63) is 0 Å². The molecule has 0 saturated carbocycles. The Labute approximate surface area is 105 Å². The second-order valence-corrected chi connectivity index (χ2v) is 5.86. The minimum atomic E-state index is -1.08. The van der Waals surface area contributed by atoms with Gasteiger partial charge in [-0.1, -0.05) is 34.8 Å². The van der Waals surface area contributed by atoms with E-state index in [1.807, 2.05) is 0 Å². The van der Waals surface area contributed by atoms with Gasteiger partial charge in [0.2, 0.25) is 0 Å². The van der Waals surface area contributed by atoms with E-state index in [-0.39, 0.29) is 5.34 Å². The van der Waals surface area contributed by atoms with Crippen LogP contribution in [0.25, 0.3) is 0 Å². The molecule has 6 heteroatoms. The van der Waals surface area contributed by atoms with Crippen molar-refractivity contribution in [3.63, 3.8) is 0 Å². The summed E-state index contributed by atoms with van der Waals surface area (Å²) in [5.41, 5.74) is 0. The fourth-order valence-electron chi connectivity index (χ4n) is 0.510. The van der Waals surface area contributed by atoms with Gasteiger partial charge in [-0.05, 0) is 19.8 Å². The van der Waals surface area contributed by atoms with Crippen LogP contribution in [0.5, 0.6) is 0 Å². The first kappa shape index (κ1) is 16.8. The van der Waals surface area contributed by atoms with E-state index >= 15 is 0 Å². The van der Waals surface area contributed by atoms with E-state index in [1.165, 1.54) is 19.8 Å². The van der Waals surface area contributed by atoms with Crippen LogP contribution < -0.4 is 0 Å². The maximum atomic E-state index is 5.06. The van der Waals surface area contributed by atoms with Gasteiger partial charge in [0.05, 0.1) is 5.34 Å². The van der Waals surface area contributed by atoms with Crippen LogP contribution in [0.4, 0.5) is 0 Å². The lowest BCUT2D eigenvalue weighted by molar-refractivity contribution is 0.198. The van der Waals surface area contributed by atoms with Crippen LogP contribution >= 0.6 is 58.0 Å². The fraction of sp³-hybridized carbons (Fsp3) is 1.00. The minimum absolute atomic E-state index is 0.194. The third kappa shape index (κ3) is 42.5. The number of hydrogen-bond donors (Lipinski definition) is 0. The second-order valence-electron chi connectivity index (χ2n) is 2.20. The number of rotatable bonds is 0. The quantitative estimate of drug-likeness (QED) is 0.593. The molecule has 0 aliphatic carbocycles. The van der Waals surface area contributed by atoms with Gasteiger partial charge in [-0.3, -0.25) is 0 Å². The normalized spacial score (nSPS) is 15.2. The largest absolute Gasteiger partial charge is 0.381 e. The first-order valence-electron chi connectivity index (χ1n) is 3.68. The smallest absolute Gasteiger partial charge is 0.187 e. The Kier molecular flexibility index (Phi) is 14.9. The molecule has 1 nitrogen and oxygen atoms in total. The molecule has 1 rings (SSSR count). The molecule has 1 aliphatic heterocycles. The summed E-state index contributed by atoms with van der Waals surface area (Å²) in [7, 11) is 0. The average Bonchev–Trinajstić information content (AvgIpc) is 2.36. The van der Waals surface area contributed by atoms with Crippen molar-refractivity contribution in [1.82, 2.24) is 0 Å². The zero-order valence-electron chi connectivity index (χ0n) is 7.33. The molecule has 0 aromatic rings. The van der Waals surface area contributed by atoms with Crippen molar-refractivity contribution in [2.45, 2.75) is 23.6 Å². The zero-order chi connectivity index (χ0) is 10.7. The Morgan fingerprint density at radius 3 is 1.38 bits per heavy atom. The predicted octanol–water partition coefficient (Wildman–Crippen LogP) is 4.59. The van der Waals surface area contributed by atoms with E-state index in [1.54, 1.807) is 0 Å². The van der Waals surface area contributed by atoms with Crippen molar-refractivity contribution in [2.75, 3.05) is 18.6 Å².